The standard InChI is InChI=1S/C10H11FN4O/c11-8-2-1-3-9(13-14-12)10(8)15-5-4-7(16)6-15/h1-3,7,16H,4-6H2. The topological polar surface area (TPSA) is 72.2 Å². The highest BCUT2D eigenvalue weighted by Gasteiger charge is 2.24. The van der Waals surface area contributed by atoms with Gasteiger partial charge in [-0.15, -0.1) is 0 Å². The van der Waals surface area contributed by atoms with Crippen molar-refractivity contribution < 1.29 is 9.50 Å². The Kier molecular flexibility index (Phi) is 2.94. The molecule has 84 valence electrons. The lowest BCUT2D eigenvalue weighted by molar-refractivity contribution is 0.198. The minimum absolute atomic E-state index is 0.261. The van der Waals surface area contributed by atoms with Gasteiger partial charge in [-0.05, 0) is 18.0 Å². The van der Waals surface area contributed by atoms with Crippen LogP contribution in [0.5, 0.6) is 0 Å². The van der Waals surface area contributed by atoms with E-state index in [1.54, 1.807) is 11.0 Å². The van der Waals surface area contributed by atoms with Crippen molar-refractivity contribution in [3.8, 4) is 0 Å². The zero-order valence-electron chi connectivity index (χ0n) is 8.54. The number of hydrogen-bond donors (Lipinski definition) is 1. The third kappa shape index (κ3) is 1.93. The summed E-state index contributed by atoms with van der Waals surface area (Å²) in [6.45, 7) is 0.935. The summed E-state index contributed by atoms with van der Waals surface area (Å²) in [5.74, 6) is -0.431. The second-order valence-electron chi connectivity index (χ2n) is 3.69. The van der Waals surface area contributed by atoms with Gasteiger partial charge in [-0.2, -0.15) is 0 Å². The fourth-order valence-corrected chi connectivity index (χ4v) is 1.89. The summed E-state index contributed by atoms with van der Waals surface area (Å²) in [6.07, 6.45) is 0.155. The van der Waals surface area contributed by atoms with Crippen LogP contribution in [0.15, 0.2) is 23.3 Å². The van der Waals surface area contributed by atoms with Gasteiger partial charge in [0, 0.05) is 18.0 Å². The fraction of sp³-hybridized carbons (Fsp3) is 0.400. The van der Waals surface area contributed by atoms with Gasteiger partial charge in [0.15, 0.2) is 0 Å². The zero-order chi connectivity index (χ0) is 11.5. The Hall–Kier alpha value is -1.78. The Morgan fingerprint density at radius 3 is 3.00 bits per heavy atom. The first-order valence-electron chi connectivity index (χ1n) is 4.99. The van der Waals surface area contributed by atoms with Crippen LogP contribution in [0.3, 0.4) is 0 Å². The molecule has 0 aromatic heterocycles. The van der Waals surface area contributed by atoms with Crippen LogP contribution in [0.2, 0.25) is 0 Å². The molecule has 1 heterocycles. The number of anilines is 1. The lowest BCUT2D eigenvalue weighted by Crippen LogP contribution is -2.22. The second kappa shape index (κ2) is 4.38. The minimum atomic E-state index is -0.446. The van der Waals surface area contributed by atoms with Gasteiger partial charge in [0.05, 0.1) is 17.5 Å². The molecule has 0 radical (unpaired) electrons. The van der Waals surface area contributed by atoms with Crippen LogP contribution >= 0.6 is 0 Å². The maximum absolute atomic E-state index is 13.6. The predicted molar refractivity (Wildman–Crippen MR) is 58.0 cm³/mol. The smallest absolute Gasteiger partial charge is 0.146 e. The van der Waals surface area contributed by atoms with Gasteiger partial charge in [-0.1, -0.05) is 17.2 Å². The molecular weight excluding hydrogens is 211 g/mol. The van der Waals surface area contributed by atoms with Gasteiger partial charge in [-0.25, -0.2) is 4.39 Å². The molecule has 1 aromatic carbocycles. The Labute approximate surface area is 91.7 Å². The van der Waals surface area contributed by atoms with Crippen molar-refractivity contribution in [2.45, 2.75) is 12.5 Å². The molecule has 1 unspecified atom stereocenters. The number of azide groups is 1. The summed E-state index contributed by atoms with van der Waals surface area (Å²) < 4.78 is 13.6. The van der Waals surface area contributed by atoms with Crippen molar-refractivity contribution in [3.63, 3.8) is 0 Å². The number of nitrogens with zero attached hydrogens (tertiary/aromatic N) is 4. The molecule has 16 heavy (non-hydrogen) atoms. The molecule has 1 N–H and O–H groups in total. The van der Waals surface area contributed by atoms with E-state index in [0.717, 1.165) is 0 Å². The number of aliphatic hydroxyl groups excluding tert-OH is 1. The van der Waals surface area contributed by atoms with Crippen LogP contribution < -0.4 is 4.90 Å². The summed E-state index contributed by atoms with van der Waals surface area (Å²) in [5.41, 5.74) is 8.93. The van der Waals surface area contributed by atoms with Crippen LogP contribution in [0.1, 0.15) is 6.42 Å². The number of β-amino-alcohol motifs (C(OH)–C–C–N with tert-alkyl or cyclic N) is 1. The van der Waals surface area contributed by atoms with E-state index in [0.29, 0.717) is 19.5 Å². The zero-order valence-corrected chi connectivity index (χ0v) is 8.54. The Bertz CT molecular complexity index is 444. The molecule has 0 spiro atoms. The predicted octanol–water partition coefficient (Wildman–Crippen LogP) is 2.34. The van der Waals surface area contributed by atoms with Crippen LogP contribution in [0, 0.1) is 5.82 Å². The summed E-state index contributed by atoms with van der Waals surface area (Å²) in [6, 6.07) is 4.37. The molecule has 1 atom stereocenters. The lowest BCUT2D eigenvalue weighted by Gasteiger charge is -2.20. The molecule has 0 aliphatic carbocycles. The maximum Gasteiger partial charge on any atom is 0.146 e. The van der Waals surface area contributed by atoms with E-state index in [1.807, 2.05) is 0 Å². The highest BCUT2D eigenvalue weighted by atomic mass is 19.1. The van der Waals surface area contributed by atoms with E-state index >= 15 is 0 Å². The molecule has 6 heteroatoms. The largest absolute Gasteiger partial charge is 0.391 e. The van der Waals surface area contributed by atoms with E-state index < -0.39 is 11.9 Å². The normalized spacial score (nSPS) is 19.6. The van der Waals surface area contributed by atoms with Gasteiger partial charge >= 0.3 is 0 Å². The van der Waals surface area contributed by atoms with Crippen molar-refractivity contribution in [2.75, 3.05) is 18.0 Å². The van der Waals surface area contributed by atoms with Crippen LogP contribution in [0.25, 0.3) is 10.4 Å². The van der Waals surface area contributed by atoms with Gasteiger partial charge in [0.25, 0.3) is 0 Å². The Balaban J connectivity index is 2.41. The highest BCUT2D eigenvalue weighted by molar-refractivity contribution is 5.68. The van der Waals surface area contributed by atoms with Crippen molar-refractivity contribution in [3.05, 3.63) is 34.5 Å². The fourth-order valence-electron chi connectivity index (χ4n) is 1.89. The number of hydrogen-bond acceptors (Lipinski definition) is 3. The summed E-state index contributed by atoms with van der Waals surface area (Å²) in [5, 5.41) is 12.9. The molecular formula is C10H11FN4O. The van der Waals surface area contributed by atoms with Gasteiger partial charge in [0.2, 0.25) is 0 Å². The third-order valence-corrected chi connectivity index (χ3v) is 2.60. The molecule has 0 saturated carbocycles. The molecule has 2 rings (SSSR count). The summed E-state index contributed by atoms with van der Waals surface area (Å²) >= 11 is 0. The monoisotopic (exact) mass is 222 g/mol. The number of rotatable bonds is 2. The maximum atomic E-state index is 13.6. The summed E-state index contributed by atoms with van der Waals surface area (Å²) in [4.78, 5) is 4.37. The number of halogens is 1. The number of benzene rings is 1. The highest BCUT2D eigenvalue weighted by Crippen LogP contribution is 2.33. The van der Waals surface area contributed by atoms with E-state index in [9.17, 15) is 9.50 Å². The van der Waals surface area contributed by atoms with Crippen molar-refractivity contribution >= 4 is 11.4 Å². The van der Waals surface area contributed by atoms with Crippen molar-refractivity contribution in [1.29, 1.82) is 0 Å². The molecule has 0 amide bonds. The van der Waals surface area contributed by atoms with E-state index in [4.69, 9.17) is 5.53 Å². The van der Waals surface area contributed by atoms with Crippen molar-refractivity contribution in [2.24, 2.45) is 5.11 Å². The van der Waals surface area contributed by atoms with Gasteiger partial charge in [-0.3, -0.25) is 0 Å². The molecule has 1 aliphatic rings. The Morgan fingerprint density at radius 2 is 2.38 bits per heavy atom. The quantitative estimate of drug-likeness (QED) is 0.474. The number of aliphatic hydroxyl groups is 1. The van der Waals surface area contributed by atoms with Crippen LogP contribution in [-0.4, -0.2) is 24.3 Å². The lowest BCUT2D eigenvalue weighted by atomic mass is 10.2. The molecule has 1 aliphatic heterocycles. The number of para-hydroxylation sites is 1. The minimum Gasteiger partial charge on any atom is -0.391 e. The molecule has 1 saturated heterocycles. The first-order valence-corrected chi connectivity index (χ1v) is 4.99. The first kappa shape index (κ1) is 10.7. The average Bonchev–Trinajstić information content (AvgIpc) is 2.65. The SMILES string of the molecule is [N-]=[N+]=Nc1cccc(F)c1N1CCC(O)C1. The van der Waals surface area contributed by atoms with Gasteiger partial charge in [0.1, 0.15) is 5.82 Å². The van der Waals surface area contributed by atoms with Gasteiger partial charge < -0.3 is 10.0 Å². The molecule has 1 fully saturated rings. The van der Waals surface area contributed by atoms with E-state index in [1.165, 1.54) is 12.1 Å². The third-order valence-electron chi connectivity index (χ3n) is 2.60. The van der Waals surface area contributed by atoms with E-state index in [2.05, 4.69) is 10.0 Å². The molecule has 0 bridgehead atoms. The Morgan fingerprint density at radius 1 is 1.56 bits per heavy atom. The van der Waals surface area contributed by atoms with Crippen molar-refractivity contribution in [1.82, 2.24) is 0 Å². The first-order chi connectivity index (χ1) is 7.72. The summed E-state index contributed by atoms with van der Waals surface area (Å²) in [7, 11) is 0. The van der Waals surface area contributed by atoms with Crippen LogP contribution in [-0.2, 0) is 0 Å². The van der Waals surface area contributed by atoms with Crippen LogP contribution in [0.4, 0.5) is 15.8 Å². The van der Waals surface area contributed by atoms with E-state index in [-0.39, 0.29) is 11.4 Å². The average molecular weight is 222 g/mol. The second-order valence-corrected chi connectivity index (χ2v) is 3.69. The molecule has 1 aromatic rings. The molecule has 5 nitrogen and oxygen atoms in total.